The van der Waals surface area contributed by atoms with Crippen LogP contribution in [0.3, 0.4) is 0 Å². The summed E-state index contributed by atoms with van der Waals surface area (Å²) < 4.78 is 0. The molecule has 0 unspecified atom stereocenters. The van der Waals surface area contributed by atoms with Gasteiger partial charge in [0.2, 0.25) is 0 Å². The van der Waals surface area contributed by atoms with Gasteiger partial charge in [0, 0.05) is 36.3 Å². The number of hydrogen-bond donors (Lipinski definition) is 2. The van der Waals surface area contributed by atoms with Gasteiger partial charge in [-0.2, -0.15) is 5.10 Å². The lowest BCUT2D eigenvalue weighted by molar-refractivity contribution is -0.144. The first-order valence-electron chi connectivity index (χ1n) is 7.15. The van der Waals surface area contributed by atoms with E-state index in [4.69, 9.17) is 0 Å². The third kappa shape index (κ3) is 3.16. The molecule has 0 radical (unpaired) electrons. The fourth-order valence-corrected chi connectivity index (χ4v) is 3.28. The van der Waals surface area contributed by atoms with Crippen LogP contribution in [0.15, 0.2) is 18.6 Å². The molecule has 1 saturated heterocycles. The topological polar surface area (TPSA) is 91.0 Å². The number of piperidine rings is 1. The Kier molecular flexibility index (Phi) is 4.19. The van der Waals surface area contributed by atoms with Gasteiger partial charge in [0.1, 0.15) is 0 Å². The number of likely N-dealkylation sites (tertiary alicyclic amines) is 1. The van der Waals surface area contributed by atoms with Crippen LogP contribution in [0.25, 0.3) is 0 Å². The highest BCUT2D eigenvalue weighted by Gasteiger charge is 2.29. The Morgan fingerprint density at radius 2 is 2.32 bits per heavy atom. The maximum atomic E-state index is 12.3. The lowest BCUT2D eigenvalue weighted by Crippen LogP contribution is -2.44. The number of aryl methyl sites for hydroxylation is 1. The Bertz CT molecular complexity index is 667. The van der Waals surface area contributed by atoms with Crippen LogP contribution in [0.1, 0.15) is 29.2 Å². The minimum Gasteiger partial charge on any atom is -0.334 e. The lowest BCUT2D eigenvalue weighted by Gasteiger charge is -2.31. The number of aromatic amines is 1. The normalized spacial score (nSPS) is 18.2. The second-order valence-electron chi connectivity index (χ2n) is 5.35. The van der Waals surface area contributed by atoms with Gasteiger partial charge in [0.15, 0.2) is 5.13 Å². The minimum absolute atomic E-state index is 0.228. The summed E-state index contributed by atoms with van der Waals surface area (Å²) in [5.74, 6) is -0.894. The monoisotopic (exact) mass is 319 g/mol. The lowest BCUT2D eigenvalue weighted by atomic mass is 9.93. The summed E-state index contributed by atoms with van der Waals surface area (Å²) in [6, 6.07) is 0. The van der Waals surface area contributed by atoms with Gasteiger partial charge in [-0.1, -0.05) is 0 Å². The zero-order chi connectivity index (χ0) is 15.5. The number of thiazole rings is 1. The fraction of sp³-hybridized carbons (Fsp3) is 0.429. The number of carbonyl (C=O) groups excluding carboxylic acids is 2. The van der Waals surface area contributed by atoms with Crippen molar-refractivity contribution in [3.63, 3.8) is 0 Å². The van der Waals surface area contributed by atoms with Crippen LogP contribution in [0.2, 0.25) is 0 Å². The van der Waals surface area contributed by atoms with Crippen LogP contribution < -0.4 is 5.32 Å². The third-order valence-electron chi connectivity index (χ3n) is 3.74. The van der Waals surface area contributed by atoms with Crippen molar-refractivity contribution in [2.75, 3.05) is 18.4 Å². The van der Waals surface area contributed by atoms with Gasteiger partial charge in [-0.3, -0.25) is 20.0 Å². The summed E-state index contributed by atoms with van der Waals surface area (Å²) >= 11 is 1.35. The van der Waals surface area contributed by atoms with Crippen molar-refractivity contribution < 1.29 is 9.59 Å². The van der Waals surface area contributed by atoms with Crippen LogP contribution in [-0.2, 0) is 9.59 Å². The Morgan fingerprint density at radius 3 is 3.00 bits per heavy atom. The maximum absolute atomic E-state index is 12.3. The molecule has 1 atom stereocenters. The number of hydrogen-bond acceptors (Lipinski definition) is 5. The first kappa shape index (κ1) is 14.7. The van der Waals surface area contributed by atoms with E-state index >= 15 is 0 Å². The van der Waals surface area contributed by atoms with Crippen LogP contribution in [0.5, 0.6) is 0 Å². The molecule has 0 aromatic carbocycles. The van der Waals surface area contributed by atoms with Gasteiger partial charge >= 0.3 is 11.8 Å². The first-order valence-corrected chi connectivity index (χ1v) is 7.96. The van der Waals surface area contributed by atoms with Gasteiger partial charge in [-0.25, -0.2) is 4.98 Å². The van der Waals surface area contributed by atoms with Crippen molar-refractivity contribution in [3.05, 3.63) is 29.0 Å². The molecule has 3 heterocycles. The number of carbonyl (C=O) groups is 2. The number of H-pyrrole nitrogens is 1. The highest BCUT2D eigenvalue weighted by atomic mass is 32.1. The first-order chi connectivity index (χ1) is 10.6. The fourth-order valence-electron chi connectivity index (χ4n) is 2.62. The highest BCUT2D eigenvalue weighted by Crippen LogP contribution is 2.26. The summed E-state index contributed by atoms with van der Waals surface area (Å²) in [5, 5.41) is 9.76. The SMILES string of the molecule is Cc1cnc(NC(=O)C(=O)N2CCC[C@@H](c3cn[nH]c3)C2)s1. The molecule has 0 bridgehead atoms. The second kappa shape index (κ2) is 6.27. The van der Waals surface area contributed by atoms with E-state index in [0.29, 0.717) is 18.2 Å². The second-order valence-corrected chi connectivity index (χ2v) is 6.59. The molecule has 116 valence electrons. The Labute approximate surface area is 131 Å². The predicted molar refractivity (Wildman–Crippen MR) is 82.6 cm³/mol. The molecule has 2 aromatic heterocycles. The summed E-state index contributed by atoms with van der Waals surface area (Å²) in [6.45, 7) is 3.05. The average molecular weight is 319 g/mol. The molecule has 2 amide bonds. The van der Waals surface area contributed by atoms with E-state index in [1.165, 1.54) is 11.3 Å². The average Bonchev–Trinajstić information content (AvgIpc) is 3.18. The smallest absolute Gasteiger partial charge is 0.315 e. The van der Waals surface area contributed by atoms with Crippen molar-refractivity contribution >= 4 is 28.3 Å². The highest BCUT2D eigenvalue weighted by molar-refractivity contribution is 7.15. The van der Waals surface area contributed by atoms with E-state index in [0.717, 1.165) is 23.3 Å². The van der Waals surface area contributed by atoms with Gasteiger partial charge in [0.25, 0.3) is 0 Å². The molecule has 0 saturated carbocycles. The van der Waals surface area contributed by atoms with Crippen molar-refractivity contribution in [2.45, 2.75) is 25.7 Å². The van der Waals surface area contributed by atoms with Crippen LogP contribution in [-0.4, -0.2) is 45.0 Å². The molecule has 8 heteroatoms. The minimum atomic E-state index is -0.623. The van der Waals surface area contributed by atoms with Crippen molar-refractivity contribution in [3.8, 4) is 0 Å². The summed E-state index contributed by atoms with van der Waals surface area (Å²) in [7, 11) is 0. The molecule has 1 fully saturated rings. The predicted octanol–water partition coefficient (Wildman–Crippen LogP) is 1.52. The molecule has 22 heavy (non-hydrogen) atoms. The van der Waals surface area contributed by atoms with Crippen molar-refractivity contribution in [1.29, 1.82) is 0 Å². The molecule has 2 N–H and O–H groups in total. The molecule has 7 nitrogen and oxygen atoms in total. The zero-order valence-corrected chi connectivity index (χ0v) is 13.0. The molecule has 0 aliphatic carbocycles. The van der Waals surface area contributed by atoms with Crippen molar-refractivity contribution in [1.82, 2.24) is 20.1 Å². The molecular formula is C14H17N5O2S. The van der Waals surface area contributed by atoms with E-state index in [-0.39, 0.29) is 5.92 Å². The Morgan fingerprint density at radius 1 is 1.45 bits per heavy atom. The molecule has 0 spiro atoms. The van der Waals surface area contributed by atoms with Crippen LogP contribution in [0.4, 0.5) is 5.13 Å². The van der Waals surface area contributed by atoms with E-state index in [1.54, 1.807) is 17.3 Å². The summed E-state index contributed by atoms with van der Waals surface area (Å²) in [5.41, 5.74) is 1.08. The van der Waals surface area contributed by atoms with Crippen LogP contribution >= 0.6 is 11.3 Å². The number of rotatable bonds is 2. The van der Waals surface area contributed by atoms with Gasteiger partial charge in [0.05, 0.1) is 6.20 Å². The van der Waals surface area contributed by atoms with Gasteiger partial charge < -0.3 is 4.90 Å². The maximum Gasteiger partial charge on any atom is 0.315 e. The number of nitrogens with zero attached hydrogens (tertiary/aromatic N) is 3. The van der Waals surface area contributed by atoms with E-state index in [1.807, 2.05) is 13.1 Å². The molecule has 1 aliphatic heterocycles. The zero-order valence-electron chi connectivity index (χ0n) is 12.2. The van der Waals surface area contributed by atoms with Gasteiger partial charge in [-0.15, -0.1) is 11.3 Å². The largest absolute Gasteiger partial charge is 0.334 e. The van der Waals surface area contributed by atoms with E-state index in [9.17, 15) is 9.59 Å². The van der Waals surface area contributed by atoms with Gasteiger partial charge in [-0.05, 0) is 25.3 Å². The third-order valence-corrected chi connectivity index (χ3v) is 4.56. The van der Waals surface area contributed by atoms with E-state index in [2.05, 4.69) is 20.5 Å². The Hall–Kier alpha value is -2.22. The molecule has 3 rings (SSSR count). The molecule has 2 aromatic rings. The van der Waals surface area contributed by atoms with E-state index < -0.39 is 11.8 Å². The number of anilines is 1. The number of amides is 2. The van der Waals surface area contributed by atoms with Crippen LogP contribution in [0, 0.1) is 6.92 Å². The molecule has 1 aliphatic rings. The summed E-state index contributed by atoms with van der Waals surface area (Å²) in [4.78, 5) is 31.0. The van der Waals surface area contributed by atoms with Crippen molar-refractivity contribution in [2.24, 2.45) is 0 Å². The summed E-state index contributed by atoms with van der Waals surface area (Å²) in [6.07, 6.45) is 7.16. The number of aromatic nitrogens is 3. The standard InChI is InChI=1S/C14H17N5O2S/c1-9-5-15-14(22-9)18-12(20)13(21)19-4-2-3-10(8-19)11-6-16-17-7-11/h5-7,10H,2-4,8H2,1H3,(H,16,17)(H,15,18,20)/t10-/m1/s1. The quantitative estimate of drug-likeness (QED) is 0.821. The number of nitrogens with one attached hydrogen (secondary N) is 2. The Balaban J connectivity index is 1.62. The molecular weight excluding hydrogens is 302 g/mol.